The second-order valence-corrected chi connectivity index (χ2v) is 6.93. The van der Waals surface area contributed by atoms with E-state index in [4.69, 9.17) is 0 Å². The number of aliphatic hydroxyl groups excluding tert-OH is 1. The van der Waals surface area contributed by atoms with Gasteiger partial charge in [-0.2, -0.15) is 0 Å². The topological polar surface area (TPSA) is 81.6 Å². The number of piperidine rings is 1. The molecule has 0 radical (unpaired) electrons. The molecule has 2 aromatic heterocycles. The van der Waals surface area contributed by atoms with Crippen LogP contribution in [0.25, 0.3) is 5.70 Å². The Morgan fingerprint density at radius 1 is 1.22 bits per heavy atom. The van der Waals surface area contributed by atoms with Gasteiger partial charge in [-0.25, -0.2) is 5.43 Å². The largest absolute Gasteiger partial charge is 0.393 e. The molecule has 2 aliphatic heterocycles. The van der Waals surface area contributed by atoms with Crippen LogP contribution in [0.4, 0.5) is 5.69 Å². The van der Waals surface area contributed by atoms with Crippen LogP contribution in [-0.4, -0.2) is 51.1 Å². The van der Waals surface area contributed by atoms with Crippen LogP contribution in [0.15, 0.2) is 48.9 Å². The first-order chi connectivity index (χ1) is 13.1. The maximum Gasteiger partial charge on any atom is 0.161 e. The van der Waals surface area contributed by atoms with Gasteiger partial charge in [-0.15, -0.1) is 0 Å². The maximum absolute atomic E-state index is 11.5. The number of aliphatic hydroxyl groups is 1. The van der Waals surface area contributed by atoms with E-state index in [0.29, 0.717) is 5.56 Å². The molecule has 1 fully saturated rings. The summed E-state index contributed by atoms with van der Waals surface area (Å²) >= 11 is 0. The average Bonchev–Trinajstić information content (AvgIpc) is 3.15. The van der Waals surface area contributed by atoms with E-state index in [1.54, 1.807) is 24.7 Å². The normalized spacial score (nSPS) is 21.3. The number of anilines is 1. The molecule has 2 aliphatic rings. The molecule has 0 saturated carbocycles. The third-order valence-electron chi connectivity index (χ3n) is 5.05. The highest BCUT2D eigenvalue weighted by Gasteiger charge is 2.31. The summed E-state index contributed by atoms with van der Waals surface area (Å²) < 4.78 is 0. The summed E-state index contributed by atoms with van der Waals surface area (Å²) in [6.07, 6.45) is 8.66. The van der Waals surface area contributed by atoms with Crippen LogP contribution in [0.5, 0.6) is 0 Å². The lowest BCUT2D eigenvalue weighted by Crippen LogP contribution is -2.50. The standard InChI is InChI=1S/C20H23N5O2/c1-14(26)15-4-5-18(22-12-15)19-11-20(24-9-6-17(27)7-10-24)23-25(19)16-3-2-8-21-13-16/h2-5,8,11-13,17,20,23,27H,6-7,9-10H2,1H3. The van der Waals surface area contributed by atoms with Gasteiger partial charge in [0.05, 0.1) is 35.5 Å². The van der Waals surface area contributed by atoms with Gasteiger partial charge < -0.3 is 5.11 Å². The Balaban J connectivity index is 1.64. The van der Waals surface area contributed by atoms with Crippen molar-refractivity contribution in [2.45, 2.75) is 32.0 Å². The van der Waals surface area contributed by atoms with Gasteiger partial charge in [0.1, 0.15) is 0 Å². The zero-order valence-corrected chi connectivity index (χ0v) is 15.2. The lowest BCUT2D eigenvalue weighted by atomic mass is 10.1. The molecule has 0 amide bonds. The summed E-state index contributed by atoms with van der Waals surface area (Å²) in [6, 6.07) is 7.55. The van der Waals surface area contributed by atoms with Crippen molar-refractivity contribution in [3.05, 3.63) is 60.2 Å². The van der Waals surface area contributed by atoms with Crippen molar-refractivity contribution in [3.63, 3.8) is 0 Å². The minimum Gasteiger partial charge on any atom is -0.393 e. The number of ketones is 1. The first kappa shape index (κ1) is 17.8. The number of hydrazine groups is 1. The Bertz CT molecular complexity index is 829. The van der Waals surface area contributed by atoms with Crippen molar-refractivity contribution in [1.29, 1.82) is 0 Å². The highest BCUT2D eigenvalue weighted by molar-refractivity contribution is 5.94. The lowest BCUT2D eigenvalue weighted by molar-refractivity contribution is 0.0654. The smallest absolute Gasteiger partial charge is 0.161 e. The molecule has 4 rings (SSSR count). The van der Waals surface area contributed by atoms with Crippen molar-refractivity contribution < 1.29 is 9.90 Å². The van der Waals surface area contributed by atoms with Crippen LogP contribution >= 0.6 is 0 Å². The number of likely N-dealkylation sites (tertiary alicyclic amines) is 1. The highest BCUT2D eigenvalue weighted by Crippen LogP contribution is 2.29. The fourth-order valence-corrected chi connectivity index (χ4v) is 3.47. The van der Waals surface area contributed by atoms with Crippen LogP contribution < -0.4 is 10.4 Å². The number of hydrogen-bond acceptors (Lipinski definition) is 7. The van der Waals surface area contributed by atoms with Crippen molar-refractivity contribution in [1.82, 2.24) is 20.3 Å². The summed E-state index contributed by atoms with van der Waals surface area (Å²) in [6.45, 7) is 3.20. The van der Waals surface area contributed by atoms with Crippen molar-refractivity contribution in [3.8, 4) is 0 Å². The summed E-state index contributed by atoms with van der Waals surface area (Å²) in [5, 5.41) is 11.8. The van der Waals surface area contributed by atoms with E-state index in [0.717, 1.165) is 43.0 Å². The van der Waals surface area contributed by atoms with Gasteiger partial charge in [0, 0.05) is 31.0 Å². The first-order valence-corrected chi connectivity index (χ1v) is 9.19. The highest BCUT2D eigenvalue weighted by atomic mass is 16.3. The van der Waals surface area contributed by atoms with Gasteiger partial charge in [0.25, 0.3) is 0 Å². The Morgan fingerprint density at radius 2 is 2.04 bits per heavy atom. The van der Waals surface area contributed by atoms with E-state index in [9.17, 15) is 9.90 Å². The molecule has 0 spiro atoms. The van der Waals surface area contributed by atoms with Crippen molar-refractivity contribution in [2.75, 3.05) is 18.1 Å². The van der Waals surface area contributed by atoms with Crippen LogP contribution in [0.1, 0.15) is 35.8 Å². The zero-order chi connectivity index (χ0) is 18.8. The minimum atomic E-state index is -0.207. The molecule has 1 unspecified atom stereocenters. The summed E-state index contributed by atoms with van der Waals surface area (Å²) in [7, 11) is 0. The van der Waals surface area contributed by atoms with Gasteiger partial charge in [0.15, 0.2) is 5.78 Å². The quantitative estimate of drug-likeness (QED) is 0.800. The van der Waals surface area contributed by atoms with Crippen LogP contribution in [0, 0.1) is 0 Å². The van der Waals surface area contributed by atoms with Gasteiger partial charge in [-0.05, 0) is 50.1 Å². The number of aromatic nitrogens is 2. The summed E-state index contributed by atoms with van der Waals surface area (Å²) in [4.78, 5) is 22.6. The maximum atomic E-state index is 11.5. The third-order valence-corrected chi connectivity index (χ3v) is 5.05. The van der Waals surface area contributed by atoms with E-state index in [2.05, 4.69) is 26.4 Å². The fourth-order valence-electron chi connectivity index (χ4n) is 3.47. The number of nitrogens with zero attached hydrogens (tertiary/aromatic N) is 4. The second kappa shape index (κ2) is 7.56. The van der Waals surface area contributed by atoms with E-state index < -0.39 is 0 Å². The molecule has 1 saturated heterocycles. The molecular weight excluding hydrogens is 342 g/mol. The number of nitrogens with one attached hydrogen (secondary N) is 1. The molecule has 2 N–H and O–H groups in total. The van der Waals surface area contributed by atoms with E-state index >= 15 is 0 Å². The molecule has 27 heavy (non-hydrogen) atoms. The Hall–Kier alpha value is -2.61. The first-order valence-electron chi connectivity index (χ1n) is 9.19. The fraction of sp³-hybridized carbons (Fsp3) is 0.350. The molecule has 4 heterocycles. The Kier molecular flexibility index (Phi) is 4.98. The molecule has 7 heteroatoms. The number of carbonyl (C=O) groups is 1. The predicted octanol–water partition coefficient (Wildman–Crippen LogP) is 1.83. The number of Topliss-reactive ketones (excluding diaryl/α,β-unsaturated/α-hetero) is 1. The number of carbonyl (C=O) groups excluding carboxylic acids is 1. The third kappa shape index (κ3) is 3.75. The molecule has 7 nitrogen and oxygen atoms in total. The zero-order valence-electron chi connectivity index (χ0n) is 15.2. The van der Waals surface area contributed by atoms with E-state index in [1.807, 2.05) is 23.2 Å². The van der Waals surface area contributed by atoms with Gasteiger partial charge in [-0.1, -0.05) is 0 Å². The van der Waals surface area contributed by atoms with Crippen molar-refractivity contribution in [2.24, 2.45) is 0 Å². The lowest BCUT2D eigenvalue weighted by Gasteiger charge is -2.34. The number of rotatable bonds is 4. The molecule has 2 aromatic rings. The number of hydrogen-bond donors (Lipinski definition) is 2. The summed E-state index contributed by atoms with van der Waals surface area (Å²) in [5.41, 5.74) is 6.74. The monoisotopic (exact) mass is 365 g/mol. The van der Waals surface area contributed by atoms with Crippen LogP contribution in [0.2, 0.25) is 0 Å². The Labute approximate surface area is 158 Å². The SMILES string of the molecule is CC(=O)c1ccc(C2=CC(N3CCC(O)CC3)NN2c2cccnc2)nc1. The molecule has 0 bridgehead atoms. The minimum absolute atomic E-state index is 0.00134. The Morgan fingerprint density at radius 3 is 2.67 bits per heavy atom. The molecule has 140 valence electrons. The molecule has 1 atom stereocenters. The van der Waals surface area contributed by atoms with E-state index in [1.165, 1.54) is 6.92 Å². The molecular formula is C20H23N5O2. The molecule has 0 aliphatic carbocycles. The van der Waals surface area contributed by atoms with E-state index in [-0.39, 0.29) is 18.1 Å². The molecule has 0 aromatic carbocycles. The van der Waals surface area contributed by atoms with Crippen LogP contribution in [0.3, 0.4) is 0 Å². The van der Waals surface area contributed by atoms with Gasteiger partial charge >= 0.3 is 0 Å². The van der Waals surface area contributed by atoms with Crippen LogP contribution in [-0.2, 0) is 0 Å². The predicted molar refractivity (Wildman–Crippen MR) is 103 cm³/mol. The van der Waals surface area contributed by atoms with Crippen molar-refractivity contribution >= 4 is 17.2 Å². The average molecular weight is 365 g/mol. The number of pyridine rings is 2. The summed E-state index contributed by atoms with van der Waals surface area (Å²) in [5.74, 6) is 0.00134. The van der Waals surface area contributed by atoms with Gasteiger partial charge in [-0.3, -0.25) is 24.7 Å². The second-order valence-electron chi connectivity index (χ2n) is 6.93. The van der Waals surface area contributed by atoms with Gasteiger partial charge in [0.2, 0.25) is 0 Å².